The molecule has 0 aromatic carbocycles. The van der Waals surface area contributed by atoms with Gasteiger partial charge in [0.1, 0.15) is 0 Å². The van der Waals surface area contributed by atoms with E-state index >= 15 is 0 Å². The third-order valence-electron chi connectivity index (χ3n) is 1.80. The Morgan fingerprint density at radius 3 is 1.33 bits per heavy atom. The molecule has 0 aliphatic rings. The molecule has 0 rings (SSSR count). The summed E-state index contributed by atoms with van der Waals surface area (Å²) >= 11 is 21.8. The van der Waals surface area contributed by atoms with Gasteiger partial charge in [-0.3, -0.25) is 0 Å². The number of rotatable bonds is 7. The summed E-state index contributed by atoms with van der Waals surface area (Å²) in [4.78, 5) is 0. The van der Waals surface area contributed by atoms with Crippen LogP contribution in [0.2, 0.25) is 12.6 Å². The van der Waals surface area contributed by atoms with Gasteiger partial charge in [0.15, 0.2) is 0 Å². The van der Waals surface area contributed by atoms with E-state index in [-0.39, 0.29) is 11.1 Å². The Morgan fingerprint density at radius 1 is 0.667 bits per heavy atom. The summed E-state index contributed by atoms with van der Waals surface area (Å²) in [6.07, 6.45) is 7.83. The van der Waals surface area contributed by atoms with Gasteiger partial charge in [0.25, 0.3) is 0 Å². The maximum atomic E-state index is 5.48. The van der Waals surface area contributed by atoms with Crippen molar-refractivity contribution in [3.05, 3.63) is 0 Å². The lowest BCUT2D eigenvalue weighted by molar-refractivity contribution is 0.769. The van der Waals surface area contributed by atoms with Gasteiger partial charge in [-0.05, 0) is 12.6 Å². The fraction of sp³-hybridized carbons (Fsp3) is 1.00. The maximum absolute atomic E-state index is 5.48. The molecule has 0 radical (unpaired) electrons. The van der Waals surface area contributed by atoms with Gasteiger partial charge in [0, 0.05) is 0 Å². The molecule has 0 aromatic heterocycles. The molecule has 90 valence electrons. The fourth-order valence-corrected chi connectivity index (χ4v) is 1.52. The molecular formula is C9H20B2Cl4. The summed E-state index contributed by atoms with van der Waals surface area (Å²) in [5.74, 6) is 0. The summed E-state index contributed by atoms with van der Waals surface area (Å²) in [5.41, 5.74) is -0.304. The average Bonchev–Trinajstić information content (AvgIpc) is 2.15. The highest BCUT2D eigenvalue weighted by Crippen LogP contribution is 2.09. The Hall–Kier alpha value is 1.29. The highest BCUT2D eigenvalue weighted by molar-refractivity contribution is 7.34. The molecule has 0 bridgehead atoms. The third-order valence-corrected chi connectivity index (χ3v) is 2.67. The van der Waals surface area contributed by atoms with Crippen molar-refractivity contribution in [3.63, 3.8) is 0 Å². The Kier molecular flexibility index (Phi) is 19.0. The number of hydrogen-bond donors (Lipinski definition) is 0. The third kappa shape index (κ3) is 25.5. The number of unbranched alkanes of at least 4 members (excludes halogenated alkanes) is 3. The normalized spacial score (nSPS) is 9.20. The van der Waals surface area contributed by atoms with Gasteiger partial charge in [0.2, 0.25) is 0 Å². The quantitative estimate of drug-likeness (QED) is 0.405. The minimum Gasteiger partial charge on any atom is -0.172 e. The first kappa shape index (κ1) is 18.6. The lowest BCUT2D eigenvalue weighted by atomic mass is 9.96. The van der Waals surface area contributed by atoms with Gasteiger partial charge in [-0.15, -0.1) is 0 Å². The van der Waals surface area contributed by atoms with Crippen LogP contribution >= 0.6 is 45.8 Å². The van der Waals surface area contributed by atoms with Crippen LogP contribution in [0.3, 0.4) is 0 Å². The highest BCUT2D eigenvalue weighted by atomic mass is 35.5. The van der Waals surface area contributed by atoms with Gasteiger partial charge in [0.05, 0.1) is 0 Å². The first-order valence-electron chi connectivity index (χ1n) is 5.60. The summed E-state index contributed by atoms with van der Waals surface area (Å²) in [6.45, 7) is 4.29. The van der Waals surface area contributed by atoms with Crippen LogP contribution in [-0.4, -0.2) is 11.1 Å². The largest absolute Gasteiger partial charge is 0.351 e. The van der Waals surface area contributed by atoms with Crippen molar-refractivity contribution < 1.29 is 0 Å². The molecule has 0 fully saturated rings. The summed E-state index contributed by atoms with van der Waals surface area (Å²) in [6, 6.07) is 0. The Bertz CT molecular complexity index is 112. The van der Waals surface area contributed by atoms with Crippen molar-refractivity contribution in [3.8, 4) is 0 Å². The molecule has 0 aliphatic carbocycles. The second kappa shape index (κ2) is 15.3. The van der Waals surface area contributed by atoms with Crippen LogP contribution in [0.1, 0.15) is 46.0 Å². The standard InChI is InChI=1S/C5H11BCl2.C4H9BCl2/c1-2-3-4-5-6(7)8;1-2-3-4-5(6)7/h2-5H2,1H3;2-4H2,1H3. The van der Waals surface area contributed by atoms with Crippen molar-refractivity contribution in [2.24, 2.45) is 0 Å². The van der Waals surface area contributed by atoms with Gasteiger partial charge in [-0.25, -0.2) is 0 Å². The Balaban J connectivity index is 0. The molecule has 6 heteroatoms. The summed E-state index contributed by atoms with van der Waals surface area (Å²) < 4.78 is 0. The van der Waals surface area contributed by atoms with Crippen LogP contribution < -0.4 is 0 Å². The molecule has 0 amide bonds. The molecule has 15 heavy (non-hydrogen) atoms. The van der Waals surface area contributed by atoms with E-state index in [0.29, 0.717) is 0 Å². The smallest absolute Gasteiger partial charge is 0.172 e. The van der Waals surface area contributed by atoms with E-state index in [1.165, 1.54) is 19.3 Å². The first-order valence-corrected chi connectivity index (χ1v) is 7.35. The fourth-order valence-electron chi connectivity index (χ4n) is 0.907. The Morgan fingerprint density at radius 2 is 1.07 bits per heavy atom. The molecule has 0 N–H and O–H groups in total. The SMILES string of the molecule is CCCCB(Cl)Cl.CCCCCB(Cl)Cl. The minimum absolute atomic E-state index is 0.151. The molecule has 0 aromatic rings. The molecule has 0 saturated heterocycles. The van der Waals surface area contributed by atoms with Crippen LogP contribution in [0.25, 0.3) is 0 Å². The molecule has 0 spiro atoms. The van der Waals surface area contributed by atoms with Crippen molar-refractivity contribution in [1.29, 1.82) is 0 Å². The molecular weight excluding hydrogens is 272 g/mol. The van der Waals surface area contributed by atoms with Gasteiger partial charge in [-0.2, -0.15) is 45.8 Å². The van der Waals surface area contributed by atoms with Gasteiger partial charge >= 0.3 is 11.1 Å². The minimum atomic E-state index is -0.153. The predicted octanol–water partition coefficient (Wildman–Crippen LogP) is 5.89. The molecule has 0 aliphatic heterocycles. The zero-order valence-corrected chi connectivity index (χ0v) is 12.6. The van der Waals surface area contributed by atoms with Crippen LogP contribution in [0, 0.1) is 0 Å². The number of hydrogen-bond acceptors (Lipinski definition) is 0. The maximum Gasteiger partial charge on any atom is 0.351 e. The van der Waals surface area contributed by atoms with E-state index in [1.54, 1.807) is 0 Å². The van der Waals surface area contributed by atoms with Crippen molar-refractivity contribution in [2.45, 2.75) is 58.6 Å². The van der Waals surface area contributed by atoms with Crippen LogP contribution in [0.4, 0.5) is 0 Å². The van der Waals surface area contributed by atoms with E-state index in [1.807, 2.05) is 0 Å². The lowest BCUT2D eigenvalue weighted by Crippen LogP contribution is -1.89. The molecule has 0 saturated carbocycles. The van der Waals surface area contributed by atoms with E-state index < -0.39 is 0 Å². The van der Waals surface area contributed by atoms with E-state index in [4.69, 9.17) is 45.8 Å². The Labute approximate surface area is 115 Å². The van der Waals surface area contributed by atoms with Crippen LogP contribution in [0.5, 0.6) is 0 Å². The average molecular weight is 292 g/mol. The predicted molar refractivity (Wildman–Crippen MR) is 79.0 cm³/mol. The van der Waals surface area contributed by atoms with Crippen LogP contribution in [0.15, 0.2) is 0 Å². The molecule has 0 atom stereocenters. The molecule has 0 nitrogen and oxygen atoms in total. The van der Waals surface area contributed by atoms with Crippen molar-refractivity contribution >= 4 is 56.9 Å². The number of halogens is 4. The highest BCUT2D eigenvalue weighted by Gasteiger charge is 2.02. The van der Waals surface area contributed by atoms with Gasteiger partial charge in [-0.1, -0.05) is 46.0 Å². The van der Waals surface area contributed by atoms with Gasteiger partial charge < -0.3 is 0 Å². The van der Waals surface area contributed by atoms with Crippen molar-refractivity contribution in [2.75, 3.05) is 0 Å². The summed E-state index contributed by atoms with van der Waals surface area (Å²) in [7, 11) is 0. The van der Waals surface area contributed by atoms with E-state index in [2.05, 4.69) is 13.8 Å². The zero-order chi connectivity index (χ0) is 12.1. The molecule has 0 unspecified atom stereocenters. The van der Waals surface area contributed by atoms with Crippen molar-refractivity contribution in [1.82, 2.24) is 0 Å². The molecule has 0 heterocycles. The van der Waals surface area contributed by atoms with Crippen LogP contribution in [-0.2, 0) is 0 Å². The first-order chi connectivity index (χ1) is 7.04. The topological polar surface area (TPSA) is 0 Å². The summed E-state index contributed by atoms with van der Waals surface area (Å²) in [5, 5.41) is 0. The van der Waals surface area contributed by atoms with E-state index in [9.17, 15) is 0 Å². The zero-order valence-electron chi connectivity index (χ0n) is 9.62. The van der Waals surface area contributed by atoms with E-state index in [0.717, 1.165) is 25.5 Å². The second-order valence-electron chi connectivity index (χ2n) is 3.42. The second-order valence-corrected chi connectivity index (χ2v) is 5.97. The monoisotopic (exact) mass is 290 g/mol. The lowest BCUT2D eigenvalue weighted by Gasteiger charge is -1.93.